The second-order valence-electron chi connectivity index (χ2n) is 10.8. The normalized spacial score (nSPS) is 16.8. The van der Waals surface area contributed by atoms with Crippen LogP contribution in [0.4, 0.5) is 9.52 Å². The number of carbonyl (C=O) groups excluding carboxylic acids is 1. The molecule has 1 N–H and O–H groups in total. The Morgan fingerprint density at radius 3 is 2.65 bits per heavy atom. The van der Waals surface area contributed by atoms with Crippen molar-refractivity contribution in [1.82, 2.24) is 14.5 Å². The summed E-state index contributed by atoms with van der Waals surface area (Å²) in [5.41, 5.74) is 3.30. The van der Waals surface area contributed by atoms with E-state index in [1.165, 1.54) is 0 Å². The van der Waals surface area contributed by atoms with Crippen LogP contribution in [0.5, 0.6) is 0 Å². The van der Waals surface area contributed by atoms with Crippen LogP contribution in [0.25, 0.3) is 33.4 Å². The van der Waals surface area contributed by atoms with Gasteiger partial charge in [0.1, 0.15) is 11.3 Å². The Morgan fingerprint density at radius 2 is 1.93 bits per heavy atom. The summed E-state index contributed by atoms with van der Waals surface area (Å²) >= 11 is 0.847. The lowest BCUT2D eigenvalue weighted by atomic mass is 9.86. The van der Waals surface area contributed by atoms with Gasteiger partial charge in [-0.3, -0.25) is 14.5 Å². The molecule has 4 aromatic rings. The van der Waals surface area contributed by atoms with Crippen LogP contribution in [0.3, 0.4) is 0 Å². The zero-order chi connectivity index (χ0) is 27.8. The van der Waals surface area contributed by atoms with Crippen LogP contribution < -0.4 is 4.90 Å². The van der Waals surface area contributed by atoms with Crippen molar-refractivity contribution in [2.24, 2.45) is 18.9 Å². The fraction of sp³-hybridized carbons (Fsp3) is 0.400. The number of halogens is 1. The number of rotatable bonds is 9. The lowest BCUT2D eigenvalue weighted by molar-refractivity contribution is -0.141. The molecule has 1 aliphatic carbocycles. The molecular weight excluding hydrogens is 531 g/mol. The standard InChI is InChI=1S/C30H31FN4O4S/c1-34-11-8-19-15-21(17-32-28(19)34)23-4-2-3-5-24(23)26-27(31)40-30(33-26)35(22-6-7-22)29(38)20(16-25(36)37)14-18-9-12-39-13-10-18/h2-5,8,11,15,17-18,20,22H,6-7,9-10,12-14,16H2,1H3,(H,36,37)/t20-/m1/s1. The highest BCUT2D eigenvalue weighted by atomic mass is 32.1. The molecule has 1 aromatic carbocycles. The van der Waals surface area contributed by atoms with Crippen LogP contribution in [-0.2, 0) is 21.4 Å². The van der Waals surface area contributed by atoms with Gasteiger partial charge in [-0.2, -0.15) is 4.39 Å². The van der Waals surface area contributed by atoms with E-state index in [0.29, 0.717) is 25.2 Å². The average molecular weight is 563 g/mol. The van der Waals surface area contributed by atoms with Crippen molar-refractivity contribution < 1.29 is 23.8 Å². The number of aromatic nitrogens is 3. The van der Waals surface area contributed by atoms with Crippen LogP contribution in [0, 0.1) is 17.0 Å². The molecule has 4 heterocycles. The second kappa shape index (κ2) is 11.1. The lowest BCUT2D eigenvalue weighted by Crippen LogP contribution is -2.40. The highest BCUT2D eigenvalue weighted by Gasteiger charge is 2.40. The van der Waals surface area contributed by atoms with Crippen molar-refractivity contribution in [2.45, 2.75) is 44.6 Å². The molecule has 1 atom stereocenters. The van der Waals surface area contributed by atoms with Gasteiger partial charge in [0.15, 0.2) is 5.13 Å². The van der Waals surface area contributed by atoms with Crippen molar-refractivity contribution in [3.63, 3.8) is 0 Å². The summed E-state index contributed by atoms with van der Waals surface area (Å²) in [4.78, 5) is 36.4. The molecule has 3 aromatic heterocycles. The molecule has 0 bridgehead atoms. The fourth-order valence-corrected chi connectivity index (χ4v) is 6.52. The summed E-state index contributed by atoms with van der Waals surface area (Å²) in [6, 6.07) is 11.4. The number of benzene rings is 1. The first-order valence-corrected chi connectivity index (χ1v) is 14.5. The largest absolute Gasteiger partial charge is 0.481 e. The number of carbonyl (C=O) groups is 2. The molecule has 10 heteroatoms. The van der Waals surface area contributed by atoms with Crippen molar-refractivity contribution in [2.75, 3.05) is 18.1 Å². The molecule has 0 radical (unpaired) electrons. The maximum absolute atomic E-state index is 15.6. The average Bonchev–Trinajstić information content (AvgIpc) is 3.62. The summed E-state index contributed by atoms with van der Waals surface area (Å²) in [5, 5.41) is 10.4. The number of fused-ring (bicyclic) bond motifs is 1. The summed E-state index contributed by atoms with van der Waals surface area (Å²) in [6.07, 6.45) is 7.15. The van der Waals surface area contributed by atoms with Gasteiger partial charge in [-0.1, -0.05) is 35.6 Å². The minimum Gasteiger partial charge on any atom is -0.481 e. The fourth-order valence-electron chi connectivity index (χ4n) is 5.63. The van der Waals surface area contributed by atoms with E-state index >= 15 is 4.39 Å². The lowest BCUT2D eigenvalue weighted by Gasteiger charge is -2.29. The topological polar surface area (TPSA) is 97.6 Å². The van der Waals surface area contributed by atoms with Gasteiger partial charge >= 0.3 is 5.97 Å². The van der Waals surface area contributed by atoms with E-state index in [1.807, 2.05) is 54.2 Å². The molecule has 0 spiro atoms. The second-order valence-corrected chi connectivity index (χ2v) is 11.7. The number of carboxylic acids is 1. The minimum absolute atomic E-state index is 0.0863. The van der Waals surface area contributed by atoms with Crippen molar-refractivity contribution in [1.29, 1.82) is 0 Å². The van der Waals surface area contributed by atoms with Crippen LogP contribution in [0.2, 0.25) is 0 Å². The van der Waals surface area contributed by atoms with E-state index < -0.39 is 17.0 Å². The molecule has 1 aliphatic heterocycles. The molecule has 0 unspecified atom stereocenters. The van der Waals surface area contributed by atoms with E-state index in [9.17, 15) is 14.7 Å². The molecule has 1 saturated heterocycles. The molecule has 2 aliphatic rings. The molecule has 6 rings (SSSR count). The summed E-state index contributed by atoms with van der Waals surface area (Å²) in [7, 11) is 1.94. The number of nitrogens with zero attached hydrogens (tertiary/aromatic N) is 4. The van der Waals surface area contributed by atoms with Gasteiger partial charge in [0.25, 0.3) is 0 Å². The van der Waals surface area contributed by atoms with E-state index in [-0.39, 0.29) is 35.1 Å². The molecule has 2 fully saturated rings. The minimum atomic E-state index is -1.01. The number of carboxylic acid groups (broad SMARTS) is 1. The van der Waals surface area contributed by atoms with Crippen LogP contribution in [0.15, 0.2) is 48.8 Å². The number of hydrogen-bond acceptors (Lipinski definition) is 6. The first-order chi connectivity index (χ1) is 19.4. The zero-order valence-electron chi connectivity index (χ0n) is 22.3. The molecule has 208 valence electrons. The number of aryl methyl sites for hydroxylation is 1. The van der Waals surface area contributed by atoms with Gasteiger partial charge in [0, 0.05) is 61.1 Å². The van der Waals surface area contributed by atoms with E-state index in [2.05, 4.69) is 9.97 Å². The molecule has 8 nitrogen and oxygen atoms in total. The number of aliphatic carboxylic acids is 1. The Bertz CT molecular complexity index is 1560. The van der Waals surface area contributed by atoms with E-state index in [1.54, 1.807) is 11.1 Å². The Hall–Kier alpha value is -3.63. The predicted molar refractivity (Wildman–Crippen MR) is 152 cm³/mol. The molecule has 1 amide bonds. The number of thiazole rings is 1. The first-order valence-electron chi connectivity index (χ1n) is 13.7. The number of hydrogen-bond donors (Lipinski definition) is 1. The Kier molecular flexibility index (Phi) is 7.37. The van der Waals surface area contributed by atoms with Gasteiger partial charge < -0.3 is 14.4 Å². The van der Waals surface area contributed by atoms with Crippen LogP contribution >= 0.6 is 11.3 Å². The van der Waals surface area contributed by atoms with Crippen LogP contribution in [-0.4, -0.2) is 50.8 Å². The zero-order valence-corrected chi connectivity index (χ0v) is 23.1. The van der Waals surface area contributed by atoms with Gasteiger partial charge in [0.2, 0.25) is 11.0 Å². The SMILES string of the molecule is Cn1ccc2cc(-c3ccccc3-c3nc(N(C(=O)[C@@H](CC(=O)O)CC4CCOCC4)C4CC4)sc3F)cnc21. The molecule has 1 saturated carbocycles. The highest BCUT2D eigenvalue weighted by molar-refractivity contribution is 7.14. The van der Waals surface area contributed by atoms with E-state index in [0.717, 1.165) is 59.2 Å². The number of anilines is 1. The Balaban J connectivity index is 1.33. The predicted octanol–water partition coefficient (Wildman–Crippen LogP) is 5.91. The smallest absolute Gasteiger partial charge is 0.304 e. The van der Waals surface area contributed by atoms with E-state index in [4.69, 9.17) is 4.74 Å². The molecule has 40 heavy (non-hydrogen) atoms. The summed E-state index contributed by atoms with van der Waals surface area (Å²) < 4.78 is 23.0. The third-order valence-electron chi connectivity index (χ3n) is 7.86. The van der Waals surface area contributed by atoms with Crippen molar-refractivity contribution >= 4 is 39.4 Å². The maximum atomic E-state index is 15.6. The highest BCUT2D eigenvalue weighted by Crippen LogP contribution is 2.42. The molecular formula is C30H31FN4O4S. The van der Waals surface area contributed by atoms with Gasteiger partial charge in [0.05, 0.1) is 6.42 Å². The third-order valence-corrected chi connectivity index (χ3v) is 8.70. The maximum Gasteiger partial charge on any atom is 0.304 e. The Morgan fingerprint density at radius 1 is 1.18 bits per heavy atom. The van der Waals surface area contributed by atoms with Crippen molar-refractivity contribution in [3.05, 3.63) is 53.9 Å². The van der Waals surface area contributed by atoms with Gasteiger partial charge in [-0.25, -0.2) is 9.97 Å². The monoisotopic (exact) mass is 562 g/mol. The Labute approximate surface area is 235 Å². The van der Waals surface area contributed by atoms with Crippen molar-refractivity contribution in [3.8, 4) is 22.4 Å². The quantitative estimate of drug-likeness (QED) is 0.273. The third kappa shape index (κ3) is 5.38. The van der Waals surface area contributed by atoms with Gasteiger partial charge in [-0.15, -0.1) is 0 Å². The number of pyridine rings is 1. The number of amides is 1. The first kappa shape index (κ1) is 26.6. The summed E-state index contributed by atoms with van der Waals surface area (Å²) in [6.45, 7) is 1.25. The van der Waals surface area contributed by atoms with Gasteiger partial charge in [-0.05, 0) is 55.7 Å². The number of ether oxygens (including phenoxy) is 1. The summed E-state index contributed by atoms with van der Waals surface area (Å²) in [5.74, 6) is -1.74. The van der Waals surface area contributed by atoms with Crippen LogP contribution in [0.1, 0.15) is 38.5 Å².